The standard InChI is InChI=1S/C9H14N2O7S/c1-5(9(15)18-2)19(16,17)11-4-7(12)10-3-6(11)8(13)14/h5-6H,3-4H2,1-2H3,(H,10,12)(H,13,14). The lowest BCUT2D eigenvalue weighted by molar-refractivity contribution is -0.144. The number of nitrogens with zero attached hydrogens (tertiary/aromatic N) is 1. The average Bonchev–Trinajstić information content (AvgIpc) is 2.36. The van der Waals surface area contributed by atoms with Gasteiger partial charge in [0.05, 0.1) is 13.7 Å². The molecule has 0 saturated carbocycles. The van der Waals surface area contributed by atoms with Crippen molar-refractivity contribution in [3.8, 4) is 0 Å². The Balaban J connectivity index is 3.11. The van der Waals surface area contributed by atoms with E-state index in [4.69, 9.17) is 5.11 Å². The minimum Gasteiger partial charge on any atom is -0.480 e. The highest BCUT2D eigenvalue weighted by molar-refractivity contribution is 7.90. The van der Waals surface area contributed by atoms with Crippen molar-refractivity contribution in [2.45, 2.75) is 18.2 Å². The Labute approximate surface area is 109 Å². The molecule has 0 aromatic carbocycles. The van der Waals surface area contributed by atoms with Gasteiger partial charge in [0, 0.05) is 6.54 Å². The molecule has 1 amide bonds. The highest BCUT2D eigenvalue weighted by Crippen LogP contribution is 2.16. The first-order chi connectivity index (χ1) is 8.71. The quantitative estimate of drug-likeness (QED) is 0.561. The number of carboxylic acids is 1. The summed E-state index contributed by atoms with van der Waals surface area (Å²) in [6.07, 6.45) is 0. The number of nitrogens with one attached hydrogen (secondary N) is 1. The van der Waals surface area contributed by atoms with E-state index in [0.717, 1.165) is 14.0 Å². The second-order valence-corrected chi connectivity index (χ2v) is 6.12. The van der Waals surface area contributed by atoms with Crippen LogP contribution >= 0.6 is 0 Å². The van der Waals surface area contributed by atoms with Crippen molar-refractivity contribution in [3.05, 3.63) is 0 Å². The maximum atomic E-state index is 12.1. The van der Waals surface area contributed by atoms with Gasteiger partial charge in [0.1, 0.15) is 6.04 Å². The van der Waals surface area contributed by atoms with Crippen LogP contribution in [0.1, 0.15) is 6.92 Å². The number of hydrogen-bond acceptors (Lipinski definition) is 6. The number of carbonyl (C=O) groups excluding carboxylic acids is 2. The molecule has 2 N–H and O–H groups in total. The minimum atomic E-state index is -4.28. The number of aliphatic carboxylic acids is 1. The fraction of sp³-hybridized carbons (Fsp3) is 0.667. The zero-order valence-corrected chi connectivity index (χ0v) is 11.1. The third-order valence-electron chi connectivity index (χ3n) is 2.73. The maximum absolute atomic E-state index is 12.1. The number of ether oxygens (including phenoxy) is 1. The SMILES string of the molecule is COC(=O)C(C)S(=O)(=O)N1CC(=O)NCC1C(=O)O. The third kappa shape index (κ3) is 3.01. The summed E-state index contributed by atoms with van der Waals surface area (Å²) in [5.41, 5.74) is 0. The molecule has 0 bridgehead atoms. The number of amides is 1. The van der Waals surface area contributed by atoms with Crippen molar-refractivity contribution in [1.29, 1.82) is 0 Å². The number of rotatable bonds is 4. The molecule has 0 radical (unpaired) electrons. The molecule has 2 atom stereocenters. The molecular formula is C9H14N2O7S. The minimum absolute atomic E-state index is 0.346. The van der Waals surface area contributed by atoms with Crippen molar-refractivity contribution in [3.63, 3.8) is 0 Å². The average molecular weight is 294 g/mol. The van der Waals surface area contributed by atoms with Gasteiger partial charge in [-0.25, -0.2) is 8.42 Å². The van der Waals surface area contributed by atoms with Crippen molar-refractivity contribution in [2.24, 2.45) is 0 Å². The third-order valence-corrected chi connectivity index (χ3v) is 4.85. The van der Waals surface area contributed by atoms with Crippen LogP contribution in [0.15, 0.2) is 0 Å². The van der Waals surface area contributed by atoms with Gasteiger partial charge in [-0.05, 0) is 6.92 Å². The lowest BCUT2D eigenvalue weighted by Crippen LogP contribution is -2.61. The Morgan fingerprint density at radius 1 is 1.53 bits per heavy atom. The molecule has 1 aliphatic heterocycles. The van der Waals surface area contributed by atoms with Gasteiger partial charge in [0.15, 0.2) is 5.25 Å². The van der Waals surface area contributed by atoms with E-state index in [1.165, 1.54) is 0 Å². The van der Waals surface area contributed by atoms with E-state index in [1.54, 1.807) is 0 Å². The molecule has 1 fully saturated rings. The second kappa shape index (κ2) is 5.53. The number of methoxy groups -OCH3 is 1. The Bertz CT molecular complexity index is 501. The van der Waals surface area contributed by atoms with Crippen LogP contribution in [0.3, 0.4) is 0 Å². The number of sulfonamides is 1. The monoisotopic (exact) mass is 294 g/mol. The lowest BCUT2D eigenvalue weighted by atomic mass is 10.2. The first-order valence-corrected chi connectivity index (χ1v) is 6.80. The van der Waals surface area contributed by atoms with Crippen molar-refractivity contribution in [1.82, 2.24) is 9.62 Å². The van der Waals surface area contributed by atoms with Gasteiger partial charge in [-0.2, -0.15) is 4.31 Å². The molecule has 108 valence electrons. The smallest absolute Gasteiger partial charge is 0.325 e. The molecule has 19 heavy (non-hydrogen) atoms. The summed E-state index contributed by atoms with van der Waals surface area (Å²) in [5, 5.41) is 9.64. The van der Waals surface area contributed by atoms with Gasteiger partial charge in [0.2, 0.25) is 15.9 Å². The number of esters is 1. The summed E-state index contributed by atoms with van der Waals surface area (Å²) in [7, 11) is -3.26. The summed E-state index contributed by atoms with van der Waals surface area (Å²) in [4.78, 5) is 33.5. The Hall–Kier alpha value is -1.68. The molecule has 10 heteroatoms. The molecule has 0 spiro atoms. The Kier molecular flexibility index (Phi) is 4.48. The molecular weight excluding hydrogens is 280 g/mol. The van der Waals surface area contributed by atoms with Gasteiger partial charge in [-0.1, -0.05) is 0 Å². The number of piperazine rings is 1. The highest BCUT2D eigenvalue weighted by Gasteiger charge is 2.44. The highest BCUT2D eigenvalue weighted by atomic mass is 32.2. The number of carboxylic acid groups (broad SMARTS) is 1. The molecule has 1 aliphatic rings. The van der Waals surface area contributed by atoms with Gasteiger partial charge in [0.25, 0.3) is 0 Å². The fourth-order valence-electron chi connectivity index (χ4n) is 1.59. The van der Waals surface area contributed by atoms with Crippen LogP contribution in [0.2, 0.25) is 0 Å². The predicted octanol–water partition coefficient (Wildman–Crippen LogP) is -2.24. The predicted molar refractivity (Wildman–Crippen MR) is 61.5 cm³/mol. The fourth-order valence-corrected chi connectivity index (χ4v) is 3.15. The molecule has 1 saturated heterocycles. The Morgan fingerprint density at radius 3 is 2.58 bits per heavy atom. The number of hydrogen-bond donors (Lipinski definition) is 2. The van der Waals surface area contributed by atoms with Crippen LogP contribution in [0, 0.1) is 0 Å². The van der Waals surface area contributed by atoms with Gasteiger partial charge < -0.3 is 15.2 Å². The molecule has 0 aromatic heterocycles. The van der Waals surface area contributed by atoms with E-state index in [0.29, 0.717) is 4.31 Å². The zero-order chi connectivity index (χ0) is 14.8. The van der Waals surface area contributed by atoms with Crippen molar-refractivity contribution >= 4 is 27.9 Å². The second-order valence-electron chi connectivity index (χ2n) is 3.91. The summed E-state index contributed by atoms with van der Waals surface area (Å²) in [6, 6.07) is -1.44. The Morgan fingerprint density at radius 2 is 2.11 bits per heavy atom. The van der Waals surface area contributed by atoms with E-state index in [9.17, 15) is 22.8 Å². The van der Waals surface area contributed by atoms with Gasteiger partial charge in [-0.15, -0.1) is 0 Å². The van der Waals surface area contributed by atoms with Crippen LogP contribution in [-0.2, 0) is 29.1 Å². The first-order valence-electron chi connectivity index (χ1n) is 5.29. The van der Waals surface area contributed by atoms with Crippen LogP contribution in [0.4, 0.5) is 0 Å². The zero-order valence-electron chi connectivity index (χ0n) is 10.3. The van der Waals surface area contributed by atoms with E-state index in [-0.39, 0.29) is 6.54 Å². The van der Waals surface area contributed by atoms with Gasteiger partial charge in [-0.3, -0.25) is 14.4 Å². The molecule has 0 aromatic rings. The summed E-state index contributed by atoms with van der Waals surface area (Å²) in [6.45, 7) is 0.0918. The molecule has 9 nitrogen and oxygen atoms in total. The van der Waals surface area contributed by atoms with Crippen molar-refractivity contribution < 1.29 is 32.6 Å². The van der Waals surface area contributed by atoms with Crippen molar-refractivity contribution in [2.75, 3.05) is 20.2 Å². The molecule has 2 unspecified atom stereocenters. The van der Waals surface area contributed by atoms with Crippen LogP contribution < -0.4 is 5.32 Å². The summed E-state index contributed by atoms with van der Waals surface area (Å²) in [5.74, 6) is -3.05. The maximum Gasteiger partial charge on any atom is 0.325 e. The van der Waals surface area contributed by atoms with E-state index in [2.05, 4.69) is 10.1 Å². The van der Waals surface area contributed by atoms with E-state index >= 15 is 0 Å². The summed E-state index contributed by atoms with van der Waals surface area (Å²) >= 11 is 0. The number of carbonyl (C=O) groups is 3. The van der Waals surface area contributed by atoms with Crippen LogP contribution in [0.25, 0.3) is 0 Å². The molecule has 0 aliphatic carbocycles. The first kappa shape index (κ1) is 15.4. The van der Waals surface area contributed by atoms with Crippen LogP contribution in [-0.4, -0.2) is 67.2 Å². The largest absolute Gasteiger partial charge is 0.480 e. The van der Waals surface area contributed by atoms with Crippen LogP contribution in [0.5, 0.6) is 0 Å². The molecule has 1 rings (SSSR count). The van der Waals surface area contributed by atoms with Gasteiger partial charge >= 0.3 is 11.9 Å². The van der Waals surface area contributed by atoms with E-state index in [1.807, 2.05) is 0 Å². The van der Waals surface area contributed by atoms with E-state index < -0.39 is 45.7 Å². The summed E-state index contributed by atoms with van der Waals surface area (Å²) < 4.78 is 29.1. The normalized spacial score (nSPS) is 22.4. The lowest BCUT2D eigenvalue weighted by Gasteiger charge is -2.32. The molecule has 1 heterocycles. The topological polar surface area (TPSA) is 130 Å².